The van der Waals surface area contributed by atoms with Crippen molar-refractivity contribution < 1.29 is 4.79 Å². The van der Waals surface area contributed by atoms with Crippen LogP contribution in [0, 0.1) is 11.3 Å². The number of nitriles is 1. The van der Waals surface area contributed by atoms with Crippen LogP contribution in [0.4, 0.5) is 0 Å². The van der Waals surface area contributed by atoms with Gasteiger partial charge in [0.25, 0.3) is 0 Å². The van der Waals surface area contributed by atoms with E-state index in [4.69, 9.17) is 4.98 Å². The Morgan fingerprint density at radius 2 is 1.96 bits per heavy atom. The molecule has 0 fully saturated rings. The number of fused-ring (bicyclic) bond motifs is 1. The monoisotopic (exact) mass is 365 g/mol. The fraction of sp³-hybridized carbons (Fsp3) is 0.381. The average Bonchev–Trinajstić information content (AvgIpc) is 2.67. The van der Waals surface area contributed by atoms with Crippen LogP contribution in [0.25, 0.3) is 0 Å². The van der Waals surface area contributed by atoms with Gasteiger partial charge in [-0.25, -0.2) is 4.98 Å². The third kappa shape index (κ3) is 4.25. The van der Waals surface area contributed by atoms with Crippen molar-refractivity contribution in [3.63, 3.8) is 0 Å². The number of hydrogen-bond acceptors (Lipinski definition) is 4. The number of aryl methyl sites for hydroxylation is 2. The van der Waals surface area contributed by atoms with Crippen LogP contribution in [0.15, 0.2) is 41.4 Å². The van der Waals surface area contributed by atoms with Gasteiger partial charge in [0.15, 0.2) is 0 Å². The molecule has 26 heavy (non-hydrogen) atoms. The number of carbonyl (C=O) groups excluding carboxylic acids is 1. The molecule has 1 heterocycles. The van der Waals surface area contributed by atoms with Crippen molar-refractivity contribution in [2.45, 2.75) is 55.8 Å². The lowest BCUT2D eigenvalue weighted by molar-refractivity contribution is -0.120. The minimum Gasteiger partial charge on any atom is -0.349 e. The molecule has 0 radical (unpaired) electrons. The van der Waals surface area contributed by atoms with Crippen LogP contribution in [0.1, 0.15) is 55.1 Å². The molecule has 1 aliphatic carbocycles. The van der Waals surface area contributed by atoms with Crippen LogP contribution < -0.4 is 5.32 Å². The fourth-order valence-corrected chi connectivity index (χ4v) is 4.07. The predicted molar refractivity (Wildman–Crippen MR) is 104 cm³/mol. The van der Waals surface area contributed by atoms with Crippen molar-refractivity contribution >= 4 is 17.7 Å². The van der Waals surface area contributed by atoms with E-state index < -0.39 is 0 Å². The van der Waals surface area contributed by atoms with Gasteiger partial charge in [0.2, 0.25) is 5.91 Å². The van der Waals surface area contributed by atoms with Gasteiger partial charge in [-0.05, 0) is 56.7 Å². The Morgan fingerprint density at radius 1 is 1.23 bits per heavy atom. The van der Waals surface area contributed by atoms with Crippen LogP contribution in [0.2, 0.25) is 0 Å². The van der Waals surface area contributed by atoms with Crippen molar-refractivity contribution in [3.05, 3.63) is 58.8 Å². The normalized spacial score (nSPS) is 15.4. The summed E-state index contributed by atoms with van der Waals surface area (Å²) in [6, 6.07) is 14.0. The van der Waals surface area contributed by atoms with E-state index in [1.807, 2.05) is 50.2 Å². The first kappa shape index (κ1) is 18.5. The van der Waals surface area contributed by atoms with Crippen LogP contribution in [0.3, 0.4) is 0 Å². The molecule has 2 aromatic rings. The Hall–Kier alpha value is -2.32. The molecule has 0 saturated heterocycles. The van der Waals surface area contributed by atoms with Crippen LogP contribution in [0.5, 0.6) is 0 Å². The van der Waals surface area contributed by atoms with E-state index in [1.165, 1.54) is 17.3 Å². The second kappa shape index (κ2) is 8.37. The zero-order valence-electron chi connectivity index (χ0n) is 15.2. The highest BCUT2D eigenvalue weighted by molar-refractivity contribution is 8.00. The van der Waals surface area contributed by atoms with Gasteiger partial charge in [-0.3, -0.25) is 4.79 Å². The summed E-state index contributed by atoms with van der Waals surface area (Å²) >= 11 is 1.37. The predicted octanol–water partition coefficient (Wildman–Crippen LogP) is 4.19. The Balaban J connectivity index is 1.70. The van der Waals surface area contributed by atoms with Gasteiger partial charge in [-0.2, -0.15) is 5.26 Å². The number of thioether (sulfide) groups is 1. The summed E-state index contributed by atoms with van der Waals surface area (Å²) in [6.07, 6.45) is 4.25. The molecule has 2 atom stereocenters. The van der Waals surface area contributed by atoms with E-state index in [-0.39, 0.29) is 17.2 Å². The molecule has 1 N–H and O–H groups in total. The molecule has 0 aliphatic heterocycles. The Kier molecular flexibility index (Phi) is 5.95. The maximum Gasteiger partial charge on any atom is 0.233 e. The Morgan fingerprint density at radius 3 is 2.69 bits per heavy atom. The third-order valence-electron chi connectivity index (χ3n) is 4.70. The quantitative estimate of drug-likeness (QED) is 0.807. The first-order valence-corrected chi connectivity index (χ1v) is 9.91. The first-order chi connectivity index (χ1) is 12.6. The van der Waals surface area contributed by atoms with Crippen molar-refractivity contribution in [1.29, 1.82) is 5.26 Å². The molecule has 5 heteroatoms. The van der Waals surface area contributed by atoms with E-state index in [1.54, 1.807) is 0 Å². The molecule has 1 aromatic carbocycles. The van der Waals surface area contributed by atoms with Crippen LogP contribution in [-0.2, 0) is 17.6 Å². The SMILES string of the molecule is CC(Sc1nc2c(cc1C#N)CCCC2)C(=O)NC(C)c1ccccc1. The molecule has 3 rings (SSSR count). The summed E-state index contributed by atoms with van der Waals surface area (Å²) < 4.78 is 0. The lowest BCUT2D eigenvalue weighted by atomic mass is 9.95. The molecule has 0 spiro atoms. The summed E-state index contributed by atoms with van der Waals surface area (Å²) in [4.78, 5) is 17.3. The number of nitrogens with zero attached hydrogens (tertiary/aromatic N) is 2. The highest BCUT2D eigenvalue weighted by Gasteiger charge is 2.21. The highest BCUT2D eigenvalue weighted by atomic mass is 32.2. The smallest absolute Gasteiger partial charge is 0.233 e. The Bertz CT molecular complexity index is 829. The summed E-state index contributed by atoms with van der Waals surface area (Å²) in [5.74, 6) is -0.0465. The van der Waals surface area contributed by atoms with Crippen molar-refractivity contribution in [2.24, 2.45) is 0 Å². The van der Waals surface area contributed by atoms with E-state index in [2.05, 4.69) is 11.4 Å². The van der Waals surface area contributed by atoms with E-state index in [0.29, 0.717) is 10.6 Å². The molecule has 0 bridgehead atoms. The lowest BCUT2D eigenvalue weighted by Crippen LogP contribution is -2.33. The molecule has 1 aliphatic rings. The van der Waals surface area contributed by atoms with Gasteiger partial charge in [-0.15, -0.1) is 0 Å². The first-order valence-electron chi connectivity index (χ1n) is 9.03. The Labute approximate surface area is 159 Å². The van der Waals surface area contributed by atoms with Crippen LogP contribution >= 0.6 is 11.8 Å². The number of pyridine rings is 1. The second-order valence-electron chi connectivity index (χ2n) is 6.67. The van der Waals surface area contributed by atoms with Gasteiger partial charge in [0.1, 0.15) is 11.1 Å². The lowest BCUT2D eigenvalue weighted by Gasteiger charge is -2.19. The van der Waals surface area contributed by atoms with Gasteiger partial charge in [0.05, 0.1) is 16.9 Å². The van der Waals surface area contributed by atoms with Gasteiger partial charge in [0, 0.05) is 5.69 Å². The van der Waals surface area contributed by atoms with Gasteiger partial charge >= 0.3 is 0 Å². The van der Waals surface area contributed by atoms with Crippen LogP contribution in [-0.4, -0.2) is 16.1 Å². The molecule has 134 valence electrons. The zero-order chi connectivity index (χ0) is 18.5. The van der Waals surface area contributed by atoms with Crippen molar-refractivity contribution in [2.75, 3.05) is 0 Å². The van der Waals surface area contributed by atoms with Crippen molar-refractivity contribution in [1.82, 2.24) is 10.3 Å². The molecular formula is C21H23N3OS. The summed E-state index contributed by atoms with van der Waals surface area (Å²) in [5.41, 5.74) is 3.92. The topological polar surface area (TPSA) is 65.8 Å². The maximum atomic E-state index is 12.6. The molecule has 4 nitrogen and oxygen atoms in total. The van der Waals surface area contributed by atoms with E-state index in [9.17, 15) is 10.1 Å². The minimum absolute atomic E-state index is 0.0465. The number of benzene rings is 1. The number of aromatic nitrogens is 1. The minimum atomic E-state index is -0.317. The maximum absolute atomic E-state index is 12.6. The summed E-state index contributed by atoms with van der Waals surface area (Å²) in [7, 11) is 0. The molecule has 1 amide bonds. The zero-order valence-corrected chi connectivity index (χ0v) is 16.0. The number of amides is 1. The number of carbonyl (C=O) groups is 1. The highest BCUT2D eigenvalue weighted by Crippen LogP contribution is 2.30. The van der Waals surface area contributed by atoms with E-state index >= 15 is 0 Å². The second-order valence-corrected chi connectivity index (χ2v) is 8.00. The van der Waals surface area contributed by atoms with Gasteiger partial charge in [-0.1, -0.05) is 42.1 Å². The molecule has 2 unspecified atom stereocenters. The van der Waals surface area contributed by atoms with E-state index in [0.717, 1.165) is 36.9 Å². The standard InChI is InChI=1S/C21H23N3OS/c1-14(16-8-4-3-5-9-16)23-20(25)15(2)26-21-18(13-22)12-17-10-6-7-11-19(17)24-21/h3-5,8-9,12,14-15H,6-7,10-11H2,1-2H3,(H,23,25). The summed E-state index contributed by atoms with van der Waals surface area (Å²) in [6.45, 7) is 3.84. The average molecular weight is 366 g/mol. The number of hydrogen-bond donors (Lipinski definition) is 1. The third-order valence-corrected chi connectivity index (χ3v) is 5.80. The number of rotatable bonds is 5. The number of nitrogens with one attached hydrogen (secondary N) is 1. The fourth-order valence-electron chi connectivity index (χ4n) is 3.16. The largest absolute Gasteiger partial charge is 0.349 e. The molecular weight excluding hydrogens is 342 g/mol. The van der Waals surface area contributed by atoms with Crippen molar-refractivity contribution in [3.8, 4) is 6.07 Å². The molecule has 1 aromatic heterocycles. The summed E-state index contributed by atoms with van der Waals surface area (Å²) in [5, 5.41) is 12.9. The van der Waals surface area contributed by atoms with Gasteiger partial charge < -0.3 is 5.32 Å². The molecule has 0 saturated carbocycles.